The standard InChI is InChI=1S/C21H20N8O3/c1-13-8-14(2)25-21(24-13)27-11-15-9-26(10-16(15)12-27)20(30)19-17(28-22-6-7-23-28)4-3-5-18(19)29(31)32/h3-8,11,16H,9-10,12H2,1-2H3. The number of amides is 1. The maximum atomic E-state index is 13.4. The van der Waals surface area contributed by atoms with Crippen molar-refractivity contribution in [3.63, 3.8) is 0 Å². The molecule has 3 aromatic rings. The number of hydrogen-bond donors (Lipinski definition) is 0. The third-order valence-corrected chi connectivity index (χ3v) is 5.66. The fourth-order valence-electron chi connectivity index (χ4n) is 4.30. The highest BCUT2D eigenvalue weighted by atomic mass is 16.6. The van der Waals surface area contributed by atoms with E-state index >= 15 is 0 Å². The van der Waals surface area contributed by atoms with Crippen LogP contribution >= 0.6 is 0 Å². The fourth-order valence-corrected chi connectivity index (χ4v) is 4.30. The zero-order valence-electron chi connectivity index (χ0n) is 17.5. The van der Waals surface area contributed by atoms with Crippen molar-refractivity contribution in [3.8, 4) is 5.69 Å². The SMILES string of the molecule is Cc1cc(C)nc(N2C=C3CN(C(=O)c4c(-n5nccn5)cccc4[N+](=O)[O-])CC3C2)n1. The van der Waals surface area contributed by atoms with E-state index in [9.17, 15) is 14.9 Å². The molecule has 2 aliphatic heterocycles. The van der Waals surface area contributed by atoms with Gasteiger partial charge in [-0.25, -0.2) is 9.97 Å². The summed E-state index contributed by atoms with van der Waals surface area (Å²) in [6.07, 6.45) is 4.91. The molecule has 0 N–H and O–H groups in total. The lowest BCUT2D eigenvalue weighted by Gasteiger charge is -2.21. The Morgan fingerprint density at radius 3 is 2.50 bits per heavy atom. The molecule has 1 aromatic carbocycles. The van der Waals surface area contributed by atoms with E-state index in [1.165, 1.54) is 29.3 Å². The van der Waals surface area contributed by atoms with Crippen LogP contribution in [-0.4, -0.2) is 60.3 Å². The summed E-state index contributed by atoms with van der Waals surface area (Å²) in [6.45, 7) is 5.38. The van der Waals surface area contributed by atoms with E-state index < -0.39 is 10.8 Å². The Balaban J connectivity index is 1.44. The van der Waals surface area contributed by atoms with Gasteiger partial charge in [-0.15, -0.1) is 0 Å². The highest BCUT2D eigenvalue weighted by molar-refractivity contribution is 6.02. The monoisotopic (exact) mass is 432 g/mol. The first-order valence-corrected chi connectivity index (χ1v) is 10.1. The lowest BCUT2D eigenvalue weighted by Crippen LogP contribution is -2.33. The fraction of sp³-hybridized carbons (Fsp3) is 0.286. The summed E-state index contributed by atoms with van der Waals surface area (Å²) in [4.78, 5) is 38.5. The summed E-state index contributed by atoms with van der Waals surface area (Å²) >= 11 is 0. The van der Waals surface area contributed by atoms with E-state index in [4.69, 9.17) is 0 Å². The molecule has 2 aliphatic rings. The second-order valence-electron chi connectivity index (χ2n) is 7.94. The van der Waals surface area contributed by atoms with Gasteiger partial charge in [0.15, 0.2) is 0 Å². The van der Waals surface area contributed by atoms with E-state index in [-0.39, 0.29) is 22.9 Å². The predicted molar refractivity (Wildman–Crippen MR) is 114 cm³/mol. The van der Waals surface area contributed by atoms with Crippen LogP contribution in [0.15, 0.2) is 48.4 Å². The quantitative estimate of drug-likeness (QED) is 0.453. The Kier molecular flexibility index (Phi) is 4.65. The summed E-state index contributed by atoms with van der Waals surface area (Å²) in [6, 6.07) is 6.38. The molecule has 0 saturated carbocycles. The number of carbonyl (C=O) groups is 1. The van der Waals surface area contributed by atoms with Gasteiger partial charge in [0.1, 0.15) is 11.3 Å². The molecule has 5 rings (SSSR count). The van der Waals surface area contributed by atoms with Crippen molar-refractivity contribution >= 4 is 17.5 Å². The van der Waals surface area contributed by atoms with E-state index in [2.05, 4.69) is 20.2 Å². The average molecular weight is 432 g/mol. The molecule has 0 spiro atoms. The average Bonchev–Trinajstić information content (AvgIpc) is 3.48. The van der Waals surface area contributed by atoms with Crippen molar-refractivity contribution < 1.29 is 9.72 Å². The van der Waals surface area contributed by atoms with Gasteiger partial charge in [-0.3, -0.25) is 14.9 Å². The molecule has 4 heterocycles. The molecular formula is C21H20N8O3. The van der Waals surface area contributed by atoms with Crippen LogP contribution in [0.25, 0.3) is 5.69 Å². The summed E-state index contributed by atoms with van der Waals surface area (Å²) in [5, 5.41) is 19.8. The number of benzene rings is 1. The molecule has 1 saturated heterocycles. The van der Waals surface area contributed by atoms with Gasteiger partial charge in [-0.05, 0) is 31.6 Å². The van der Waals surface area contributed by atoms with Crippen molar-refractivity contribution in [2.75, 3.05) is 24.5 Å². The Bertz CT molecular complexity index is 1230. The summed E-state index contributed by atoms with van der Waals surface area (Å²) in [5.74, 6) is 0.361. The number of nitrogens with zero attached hydrogens (tertiary/aromatic N) is 8. The third kappa shape index (κ3) is 3.37. The molecule has 11 heteroatoms. The molecule has 1 amide bonds. The van der Waals surface area contributed by atoms with E-state index in [0.717, 1.165) is 17.0 Å². The van der Waals surface area contributed by atoms with Gasteiger partial charge in [0.2, 0.25) is 5.95 Å². The molecule has 0 aliphatic carbocycles. The van der Waals surface area contributed by atoms with Crippen LogP contribution in [0, 0.1) is 29.9 Å². The zero-order chi connectivity index (χ0) is 22.4. The number of carbonyl (C=O) groups excluding carboxylic acids is 1. The normalized spacial score (nSPS) is 17.4. The molecule has 1 fully saturated rings. The van der Waals surface area contributed by atoms with Crippen LogP contribution in [0.2, 0.25) is 0 Å². The maximum absolute atomic E-state index is 13.4. The summed E-state index contributed by atoms with van der Waals surface area (Å²) in [7, 11) is 0. The number of aromatic nitrogens is 5. The van der Waals surface area contributed by atoms with Crippen molar-refractivity contribution in [1.29, 1.82) is 0 Å². The molecule has 11 nitrogen and oxygen atoms in total. The second kappa shape index (κ2) is 7.52. The maximum Gasteiger partial charge on any atom is 0.284 e. The topological polar surface area (TPSA) is 123 Å². The zero-order valence-corrected chi connectivity index (χ0v) is 17.5. The Hall–Kier alpha value is -4.15. The molecule has 0 bridgehead atoms. The molecule has 1 atom stereocenters. The second-order valence-corrected chi connectivity index (χ2v) is 7.94. The van der Waals surface area contributed by atoms with Crippen LogP contribution in [0.3, 0.4) is 0 Å². The van der Waals surface area contributed by atoms with Gasteiger partial charge in [0.05, 0.1) is 17.3 Å². The lowest BCUT2D eigenvalue weighted by atomic mass is 10.1. The number of anilines is 1. The molecule has 2 aromatic heterocycles. The number of hydrogen-bond acceptors (Lipinski definition) is 8. The van der Waals surface area contributed by atoms with Gasteiger partial charge in [0.25, 0.3) is 11.6 Å². The molecular weight excluding hydrogens is 412 g/mol. The highest BCUT2D eigenvalue weighted by Crippen LogP contribution is 2.34. The summed E-state index contributed by atoms with van der Waals surface area (Å²) < 4.78 is 0. The van der Waals surface area contributed by atoms with E-state index in [1.807, 2.05) is 31.0 Å². The third-order valence-electron chi connectivity index (χ3n) is 5.66. The number of nitro groups is 1. The number of nitro benzene ring substituents is 1. The van der Waals surface area contributed by atoms with Gasteiger partial charge in [-0.1, -0.05) is 6.07 Å². The van der Waals surface area contributed by atoms with Crippen LogP contribution in [0.4, 0.5) is 11.6 Å². The van der Waals surface area contributed by atoms with Crippen LogP contribution in [-0.2, 0) is 0 Å². The number of fused-ring (bicyclic) bond motifs is 1. The van der Waals surface area contributed by atoms with Crippen molar-refractivity contribution in [3.05, 3.63) is 75.5 Å². The molecule has 162 valence electrons. The largest absolute Gasteiger partial charge is 0.334 e. The Morgan fingerprint density at radius 1 is 1.12 bits per heavy atom. The van der Waals surface area contributed by atoms with Gasteiger partial charge in [0, 0.05) is 49.2 Å². The van der Waals surface area contributed by atoms with Crippen LogP contribution in [0.5, 0.6) is 0 Å². The van der Waals surface area contributed by atoms with Crippen molar-refractivity contribution in [2.24, 2.45) is 5.92 Å². The minimum Gasteiger partial charge on any atom is -0.334 e. The van der Waals surface area contributed by atoms with Gasteiger partial charge >= 0.3 is 0 Å². The first-order chi connectivity index (χ1) is 15.4. The molecule has 1 unspecified atom stereocenters. The summed E-state index contributed by atoms with van der Waals surface area (Å²) in [5.41, 5.74) is 2.89. The first-order valence-electron chi connectivity index (χ1n) is 10.1. The van der Waals surface area contributed by atoms with E-state index in [0.29, 0.717) is 25.6 Å². The molecule has 32 heavy (non-hydrogen) atoms. The van der Waals surface area contributed by atoms with Crippen molar-refractivity contribution in [2.45, 2.75) is 13.8 Å². The highest BCUT2D eigenvalue weighted by Gasteiger charge is 2.39. The van der Waals surface area contributed by atoms with Crippen molar-refractivity contribution in [1.82, 2.24) is 29.9 Å². The smallest absolute Gasteiger partial charge is 0.284 e. The van der Waals surface area contributed by atoms with Gasteiger partial charge in [-0.2, -0.15) is 15.0 Å². The van der Waals surface area contributed by atoms with Crippen LogP contribution in [0.1, 0.15) is 21.7 Å². The Labute approximate surface area is 183 Å². The first kappa shape index (κ1) is 19.8. The lowest BCUT2D eigenvalue weighted by molar-refractivity contribution is -0.385. The number of likely N-dealkylation sites (tertiary alicyclic amines) is 1. The van der Waals surface area contributed by atoms with E-state index in [1.54, 1.807) is 11.0 Å². The minimum absolute atomic E-state index is 0.0104. The van der Waals surface area contributed by atoms with Gasteiger partial charge < -0.3 is 9.80 Å². The molecule has 0 radical (unpaired) electrons. The predicted octanol–water partition coefficient (Wildman–Crippen LogP) is 2.06. The van der Waals surface area contributed by atoms with Crippen LogP contribution < -0.4 is 4.90 Å². The number of rotatable bonds is 4. The minimum atomic E-state index is -0.546. The number of aryl methyl sites for hydroxylation is 2. The Morgan fingerprint density at radius 2 is 1.84 bits per heavy atom.